The van der Waals surface area contributed by atoms with E-state index in [1.165, 1.54) is 5.56 Å². The van der Waals surface area contributed by atoms with Crippen LogP contribution in [0.3, 0.4) is 0 Å². The highest BCUT2D eigenvalue weighted by atomic mass is 35.5. The van der Waals surface area contributed by atoms with Crippen LogP contribution in [0, 0.1) is 5.41 Å². The number of hydrogen-bond acceptors (Lipinski definition) is 2. The van der Waals surface area contributed by atoms with Crippen molar-refractivity contribution in [3.05, 3.63) is 35.4 Å². The number of carbonyl (C=O) groups is 1. The van der Waals surface area contributed by atoms with Crippen LogP contribution in [-0.2, 0) is 0 Å². The minimum absolute atomic E-state index is 0. The van der Waals surface area contributed by atoms with E-state index >= 15 is 0 Å². The molecule has 1 aliphatic rings. The summed E-state index contributed by atoms with van der Waals surface area (Å²) in [6.07, 6.45) is 0.878. The number of nitrogens with zero attached hydrogens (tertiary/aromatic N) is 1. The standard InChI is InChI=1S/C17H26N2O.ClH/c1-12(2)13-5-7-14(8-6-13)16(20)19-10-9-15(18)17(3,4)11-19;/h5-8,12,15H,9-11,18H2,1-4H3;1H. The highest BCUT2D eigenvalue weighted by Gasteiger charge is 2.35. The van der Waals surface area contributed by atoms with Crippen molar-refractivity contribution in [2.45, 2.75) is 46.1 Å². The molecule has 1 heterocycles. The van der Waals surface area contributed by atoms with E-state index in [9.17, 15) is 4.79 Å². The fourth-order valence-corrected chi connectivity index (χ4v) is 2.74. The molecule has 118 valence electrons. The molecule has 1 amide bonds. The van der Waals surface area contributed by atoms with Gasteiger partial charge in [-0.05, 0) is 35.4 Å². The Balaban J connectivity index is 0.00000220. The van der Waals surface area contributed by atoms with Crippen molar-refractivity contribution in [1.82, 2.24) is 4.90 Å². The third kappa shape index (κ3) is 3.98. The molecular formula is C17H27ClN2O. The van der Waals surface area contributed by atoms with E-state index in [-0.39, 0.29) is 29.8 Å². The zero-order chi connectivity index (χ0) is 14.9. The van der Waals surface area contributed by atoms with Crippen molar-refractivity contribution in [1.29, 1.82) is 0 Å². The second-order valence-electron chi connectivity index (χ2n) is 6.89. The largest absolute Gasteiger partial charge is 0.338 e. The lowest BCUT2D eigenvalue weighted by Crippen LogP contribution is -2.53. The molecule has 0 aliphatic carbocycles. The predicted octanol–water partition coefficient (Wildman–Crippen LogP) is 3.43. The van der Waals surface area contributed by atoms with Gasteiger partial charge in [0.15, 0.2) is 0 Å². The zero-order valence-corrected chi connectivity index (χ0v) is 14.2. The third-order valence-corrected chi connectivity index (χ3v) is 4.42. The van der Waals surface area contributed by atoms with Crippen LogP contribution >= 0.6 is 12.4 Å². The third-order valence-electron chi connectivity index (χ3n) is 4.42. The highest BCUT2D eigenvalue weighted by molar-refractivity contribution is 5.94. The molecule has 0 saturated carbocycles. The molecule has 0 aromatic heterocycles. The Morgan fingerprint density at radius 3 is 2.33 bits per heavy atom. The van der Waals surface area contributed by atoms with Crippen molar-refractivity contribution < 1.29 is 4.79 Å². The summed E-state index contributed by atoms with van der Waals surface area (Å²) in [5.74, 6) is 0.617. The number of halogens is 1. The summed E-state index contributed by atoms with van der Waals surface area (Å²) in [6, 6.07) is 8.17. The van der Waals surface area contributed by atoms with Gasteiger partial charge in [-0.25, -0.2) is 0 Å². The van der Waals surface area contributed by atoms with Crippen molar-refractivity contribution in [3.63, 3.8) is 0 Å². The molecule has 0 radical (unpaired) electrons. The summed E-state index contributed by atoms with van der Waals surface area (Å²) in [4.78, 5) is 14.5. The second-order valence-corrected chi connectivity index (χ2v) is 6.89. The number of piperidine rings is 1. The van der Waals surface area contributed by atoms with Crippen LogP contribution in [0.25, 0.3) is 0 Å². The minimum atomic E-state index is -0.00815. The van der Waals surface area contributed by atoms with E-state index in [2.05, 4.69) is 39.8 Å². The van der Waals surface area contributed by atoms with E-state index in [0.717, 1.165) is 25.1 Å². The monoisotopic (exact) mass is 310 g/mol. The average molecular weight is 311 g/mol. The van der Waals surface area contributed by atoms with Crippen LogP contribution in [0.15, 0.2) is 24.3 Å². The van der Waals surface area contributed by atoms with E-state index in [1.54, 1.807) is 0 Å². The Labute approximate surface area is 134 Å². The van der Waals surface area contributed by atoms with Crippen LogP contribution < -0.4 is 5.73 Å². The number of rotatable bonds is 2. The van der Waals surface area contributed by atoms with Crippen LogP contribution in [0.1, 0.15) is 56.0 Å². The Morgan fingerprint density at radius 1 is 1.29 bits per heavy atom. The van der Waals surface area contributed by atoms with Gasteiger partial charge in [-0.3, -0.25) is 4.79 Å². The van der Waals surface area contributed by atoms with Crippen molar-refractivity contribution in [2.75, 3.05) is 13.1 Å². The van der Waals surface area contributed by atoms with E-state index in [4.69, 9.17) is 5.73 Å². The van der Waals surface area contributed by atoms with Crippen molar-refractivity contribution in [2.24, 2.45) is 11.1 Å². The maximum Gasteiger partial charge on any atom is 0.253 e. The molecule has 1 saturated heterocycles. The topological polar surface area (TPSA) is 46.3 Å². The van der Waals surface area contributed by atoms with Gasteiger partial charge >= 0.3 is 0 Å². The maximum absolute atomic E-state index is 12.6. The van der Waals surface area contributed by atoms with E-state index in [1.807, 2.05) is 17.0 Å². The number of benzene rings is 1. The maximum atomic E-state index is 12.6. The first kappa shape index (κ1) is 18.0. The predicted molar refractivity (Wildman–Crippen MR) is 90.1 cm³/mol. The number of carbonyl (C=O) groups excluding carboxylic acids is 1. The van der Waals surface area contributed by atoms with Gasteiger partial charge in [0.05, 0.1) is 0 Å². The van der Waals surface area contributed by atoms with Gasteiger partial charge in [0, 0.05) is 24.7 Å². The lowest BCUT2D eigenvalue weighted by atomic mass is 9.79. The SMILES string of the molecule is CC(C)c1ccc(C(=O)N2CCC(N)C(C)(C)C2)cc1.Cl. The lowest BCUT2D eigenvalue weighted by Gasteiger charge is -2.42. The molecule has 1 unspecified atom stereocenters. The number of hydrogen-bond donors (Lipinski definition) is 1. The van der Waals surface area contributed by atoms with Crippen LogP contribution in [0.2, 0.25) is 0 Å². The molecule has 1 atom stereocenters. The first-order valence-corrected chi connectivity index (χ1v) is 7.46. The molecule has 1 aromatic rings. The zero-order valence-electron chi connectivity index (χ0n) is 13.4. The molecule has 2 rings (SSSR count). The normalized spacial score (nSPS) is 21.0. The minimum Gasteiger partial charge on any atom is -0.338 e. The Morgan fingerprint density at radius 2 is 1.86 bits per heavy atom. The van der Waals surface area contributed by atoms with Crippen LogP contribution in [0.5, 0.6) is 0 Å². The summed E-state index contributed by atoms with van der Waals surface area (Å²) < 4.78 is 0. The number of nitrogens with two attached hydrogens (primary N) is 1. The molecule has 1 fully saturated rings. The molecule has 3 nitrogen and oxygen atoms in total. The van der Waals surface area contributed by atoms with E-state index < -0.39 is 0 Å². The summed E-state index contributed by atoms with van der Waals surface area (Å²) in [5.41, 5.74) is 8.17. The van der Waals surface area contributed by atoms with Gasteiger partial charge in [0.25, 0.3) is 5.91 Å². The molecule has 0 bridgehead atoms. The first-order valence-electron chi connectivity index (χ1n) is 7.46. The Hall–Kier alpha value is -1.06. The Kier molecular flexibility index (Phi) is 5.83. The average Bonchev–Trinajstić information content (AvgIpc) is 2.41. The molecule has 0 spiro atoms. The van der Waals surface area contributed by atoms with E-state index in [0.29, 0.717) is 5.92 Å². The fraction of sp³-hybridized carbons (Fsp3) is 0.588. The van der Waals surface area contributed by atoms with Gasteiger partial charge in [0.1, 0.15) is 0 Å². The second kappa shape index (κ2) is 6.80. The van der Waals surface area contributed by atoms with Gasteiger partial charge in [-0.2, -0.15) is 0 Å². The van der Waals surface area contributed by atoms with Crippen LogP contribution in [0.4, 0.5) is 0 Å². The summed E-state index contributed by atoms with van der Waals surface area (Å²) in [7, 11) is 0. The molecule has 1 aromatic carbocycles. The van der Waals surface area contributed by atoms with Crippen molar-refractivity contribution in [3.8, 4) is 0 Å². The van der Waals surface area contributed by atoms with Crippen molar-refractivity contribution >= 4 is 18.3 Å². The molecule has 1 aliphatic heterocycles. The number of likely N-dealkylation sites (tertiary alicyclic amines) is 1. The fourth-order valence-electron chi connectivity index (χ4n) is 2.74. The molecule has 21 heavy (non-hydrogen) atoms. The summed E-state index contributed by atoms with van der Waals surface area (Å²) in [6.45, 7) is 10.1. The molecular weight excluding hydrogens is 284 g/mol. The van der Waals surface area contributed by atoms with Crippen LogP contribution in [-0.4, -0.2) is 29.9 Å². The lowest BCUT2D eigenvalue weighted by molar-refractivity contribution is 0.0533. The van der Waals surface area contributed by atoms with Gasteiger partial charge < -0.3 is 10.6 Å². The summed E-state index contributed by atoms with van der Waals surface area (Å²) >= 11 is 0. The van der Waals surface area contributed by atoms with Gasteiger partial charge in [-0.15, -0.1) is 12.4 Å². The summed E-state index contributed by atoms with van der Waals surface area (Å²) in [5, 5.41) is 0. The van der Waals surface area contributed by atoms with Gasteiger partial charge in [0.2, 0.25) is 0 Å². The quantitative estimate of drug-likeness (QED) is 0.909. The molecule has 4 heteroatoms. The molecule has 2 N–H and O–H groups in total. The van der Waals surface area contributed by atoms with Gasteiger partial charge in [-0.1, -0.05) is 39.8 Å². The smallest absolute Gasteiger partial charge is 0.253 e. The number of amides is 1. The highest BCUT2D eigenvalue weighted by Crippen LogP contribution is 2.28. The first-order chi connectivity index (χ1) is 9.31. The Bertz CT molecular complexity index is 482.